The summed E-state index contributed by atoms with van der Waals surface area (Å²) in [5, 5.41) is 11.7. The van der Waals surface area contributed by atoms with E-state index in [9.17, 15) is 9.59 Å². The minimum Gasteiger partial charge on any atom is -0.508 e. The van der Waals surface area contributed by atoms with E-state index < -0.39 is 11.9 Å². The van der Waals surface area contributed by atoms with Crippen LogP contribution in [0.15, 0.2) is 18.2 Å². The first-order valence-electron chi connectivity index (χ1n) is 4.69. The van der Waals surface area contributed by atoms with Crippen LogP contribution >= 0.6 is 0 Å². The van der Waals surface area contributed by atoms with E-state index in [1.165, 1.54) is 19.2 Å². The third kappa shape index (κ3) is 3.27. The molecule has 0 aromatic heterocycles. The van der Waals surface area contributed by atoms with E-state index in [1.807, 2.05) is 0 Å². The number of phenols is 1. The number of aromatic hydroxyl groups is 1. The number of hydrogen-bond acceptors (Lipinski definition) is 4. The second kappa shape index (κ2) is 5.16. The van der Waals surface area contributed by atoms with Gasteiger partial charge in [0.15, 0.2) is 0 Å². The van der Waals surface area contributed by atoms with Crippen molar-refractivity contribution in [3.63, 3.8) is 0 Å². The van der Waals surface area contributed by atoms with Crippen LogP contribution in [0.1, 0.15) is 12.0 Å². The van der Waals surface area contributed by atoms with E-state index in [-0.39, 0.29) is 12.2 Å². The number of esters is 1. The molecular weight excluding hydrogens is 210 g/mol. The molecule has 0 unspecified atom stereocenters. The lowest BCUT2D eigenvalue weighted by Gasteiger charge is -2.07. The van der Waals surface area contributed by atoms with Crippen LogP contribution in [0.2, 0.25) is 0 Å². The van der Waals surface area contributed by atoms with Crippen molar-refractivity contribution in [3.8, 4) is 5.75 Å². The third-order valence-corrected chi connectivity index (χ3v) is 2.02. The number of anilines is 1. The summed E-state index contributed by atoms with van der Waals surface area (Å²) in [5.74, 6) is -0.905. The maximum Gasteiger partial charge on any atom is 0.315 e. The van der Waals surface area contributed by atoms with Crippen LogP contribution in [0.3, 0.4) is 0 Å². The second-order valence-corrected chi connectivity index (χ2v) is 3.30. The molecule has 2 N–H and O–H groups in total. The summed E-state index contributed by atoms with van der Waals surface area (Å²) >= 11 is 0. The number of carbonyl (C=O) groups excluding carboxylic acids is 2. The number of aryl methyl sites for hydroxylation is 1. The van der Waals surface area contributed by atoms with Crippen molar-refractivity contribution in [1.82, 2.24) is 0 Å². The van der Waals surface area contributed by atoms with Gasteiger partial charge in [-0.3, -0.25) is 9.59 Å². The summed E-state index contributed by atoms with van der Waals surface area (Å²) in [6, 6.07) is 4.55. The fourth-order valence-corrected chi connectivity index (χ4v) is 1.19. The van der Waals surface area contributed by atoms with E-state index in [2.05, 4.69) is 10.1 Å². The summed E-state index contributed by atoms with van der Waals surface area (Å²) in [7, 11) is 1.22. The molecule has 1 aromatic carbocycles. The van der Waals surface area contributed by atoms with Gasteiger partial charge < -0.3 is 15.2 Å². The van der Waals surface area contributed by atoms with E-state index in [0.29, 0.717) is 5.69 Å². The number of carbonyl (C=O) groups is 2. The SMILES string of the molecule is COC(=O)CC(=O)Nc1ccc(O)cc1C. The average Bonchev–Trinajstić information content (AvgIpc) is 2.22. The Bertz CT molecular complexity index is 414. The van der Waals surface area contributed by atoms with Crippen LogP contribution < -0.4 is 5.32 Å². The molecule has 0 heterocycles. The van der Waals surface area contributed by atoms with Crippen molar-refractivity contribution in [3.05, 3.63) is 23.8 Å². The number of benzene rings is 1. The molecule has 0 aliphatic rings. The predicted molar refractivity (Wildman–Crippen MR) is 58.1 cm³/mol. The molecular formula is C11H13NO4. The van der Waals surface area contributed by atoms with Gasteiger partial charge in [-0.1, -0.05) is 0 Å². The zero-order valence-electron chi connectivity index (χ0n) is 9.11. The van der Waals surface area contributed by atoms with E-state index in [4.69, 9.17) is 5.11 Å². The first-order chi connectivity index (χ1) is 7.52. The standard InChI is InChI=1S/C11H13NO4/c1-7-5-8(13)3-4-9(7)12-10(14)6-11(15)16-2/h3-5,13H,6H2,1-2H3,(H,12,14). The Morgan fingerprint density at radius 2 is 2.12 bits per heavy atom. The van der Waals surface area contributed by atoms with Crippen LogP contribution in [-0.2, 0) is 14.3 Å². The number of hydrogen-bond donors (Lipinski definition) is 2. The van der Waals surface area contributed by atoms with Crippen LogP contribution in [0.5, 0.6) is 5.75 Å². The molecule has 86 valence electrons. The molecule has 0 aliphatic heterocycles. The van der Waals surface area contributed by atoms with Gasteiger partial charge >= 0.3 is 5.97 Å². The molecule has 5 heteroatoms. The highest BCUT2D eigenvalue weighted by Crippen LogP contribution is 2.20. The Balaban J connectivity index is 2.66. The van der Waals surface area contributed by atoms with Gasteiger partial charge in [0, 0.05) is 5.69 Å². The van der Waals surface area contributed by atoms with E-state index in [0.717, 1.165) is 5.56 Å². The van der Waals surface area contributed by atoms with Gasteiger partial charge in [-0.15, -0.1) is 0 Å². The topological polar surface area (TPSA) is 75.6 Å². The number of rotatable bonds is 3. The normalized spacial score (nSPS) is 9.62. The smallest absolute Gasteiger partial charge is 0.315 e. The molecule has 0 atom stereocenters. The van der Waals surface area contributed by atoms with Gasteiger partial charge in [0.25, 0.3) is 0 Å². The maximum atomic E-state index is 11.3. The van der Waals surface area contributed by atoms with Crippen LogP contribution in [0.4, 0.5) is 5.69 Å². The fraction of sp³-hybridized carbons (Fsp3) is 0.273. The van der Waals surface area contributed by atoms with Crippen molar-refractivity contribution in [2.45, 2.75) is 13.3 Å². The Morgan fingerprint density at radius 1 is 1.44 bits per heavy atom. The second-order valence-electron chi connectivity index (χ2n) is 3.30. The maximum absolute atomic E-state index is 11.3. The molecule has 1 amide bonds. The van der Waals surface area contributed by atoms with Crippen LogP contribution in [-0.4, -0.2) is 24.1 Å². The number of methoxy groups -OCH3 is 1. The zero-order valence-corrected chi connectivity index (χ0v) is 9.11. The van der Waals surface area contributed by atoms with E-state index in [1.54, 1.807) is 13.0 Å². The first-order valence-corrected chi connectivity index (χ1v) is 4.69. The molecule has 1 aromatic rings. The van der Waals surface area contributed by atoms with Gasteiger partial charge in [0.05, 0.1) is 7.11 Å². The fourth-order valence-electron chi connectivity index (χ4n) is 1.19. The highest BCUT2D eigenvalue weighted by molar-refractivity contribution is 6.02. The monoisotopic (exact) mass is 223 g/mol. The highest BCUT2D eigenvalue weighted by Gasteiger charge is 2.10. The molecule has 0 spiro atoms. The molecule has 16 heavy (non-hydrogen) atoms. The molecule has 0 radical (unpaired) electrons. The lowest BCUT2D eigenvalue weighted by atomic mass is 10.2. The molecule has 0 fully saturated rings. The highest BCUT2D eigenvalue weighted by atomic mass is 16.5. The molecule has 0 aliphatic carbocycles. The predicted octanol–water partition coefficient (Wildman–Crippen LogP) is 1.20. The van der Waals surface area contributed by atoms with Gasteiger partial charge in [-0.2, -0.15) is 0 Å². The van der Waals surface area contributed by atoms with Crippen molar-refractivity contribution in [2.24, 2.45) is 0 Å². The van der Waals surface area contributed by atoms with Crippen molar-refractivity contribution in [1.29, 1.82) is 0 Å². The van der Waals surface area contributed by atoms with Gasteiger partial charge in [-0.25, -0.2) is 0 Å². The first kappa shape index (κ1) is 12.0. The van der Waals surface area contributed by atoms with Gasteiger partial charge in [0.2, 0.25) is 5.91 Å². The summed E-state index contributed by atoms with van der Waals surface area (Å²) in [4.78, 5) is 22.2. The molecule has 5 nitrogen and oxygen atoms in total. The Hall–Kier alpha value is -2.04. The molecule has 1 rings (SSSR count). The van der Waals surface area contributed by atoms with Crippen molar-refractivity contribution >= 4 is 17.6 Å². The Labute approximate surface area is 93.0 Å². The summed E-state index contributed by atoms with van der Waals surface area (Å²) in [6.45, 7) is 1.74. The molecule has 0 saturated heterocycles. The number of phenolic OH excluding ortho intramolecular Hbond substituents is 1. The Kier molecular flexibility index (Phi) is 3.88. The lowest BCUT2D eigenvalue weighted by Crippen LogP contribution is -2.17. The van der Waals surface area contributed by atoms with Crippen molar-refractivity contribution < 1.29 is 19.4 Å². The third-order valence-electron chi connectivity index (χ3n) is 2.02. The lowest BCUT2D eigenvalue weighted by molar-refractivity contribution is -0.142. The zero-order chi connectivity index (χ0) is 12.1. The minimum absolute atomic E-state index is 0.128. The number of nitrogens with one attached hydrogen (secondary N) is 1. The Morgan fingerprint density at radius 3 is 2.69 bits per heavy atom. The summed E-state index contributed by atoms with van der Waals surface area (Å²) in [5.41, 5.74) is 1.28. The summed E-state index contributed by atoms with van der Waals surface area (Å²) in [6.07, 6.45) is -0.323. The molecule has 0 saturated carbocycles. The number of amides is 1. The van der Waals surface area contributed by atoms with Gasteiger partial charge in [-0.05, 0) is 30.7 Å². The van der Waals surface area contributed by atoms with E-state index >= 15 is 0 Å². The quantitative estimate of drug-likeness (QED) is 0.458. The van der Waals surface area contributed by atoms with Gasteiger partial charge in [0.1, 0.15) is 12.2 Å². The summed E-state index contributed by atoms with van der Waals surface area (Å²) < 4.78 is 4.37. The largest absolute Gasteiger partial charge is 0.508 e. The van der Waals surface area contributed by atoms with Crippen LogP contribution in [0.25, 0.3) is 0 Å². The molecule has 0 bridgehead atoms. The van der Waals surface area contributed by atoms with Crippen molar-refractivity contribution in [2.75, 3.05) is 12.4 Å². The number of ether oxygens (including phenoxy) is 1. The minimum atomic E-state index is -0.589. The van der Waals surface area contributed by atoms with Crippen LogP contribution in [0, 0.1) is 6.92 Å². The average molecular weight is 223 g/mol.